The number of fused-ring (bicyclic) bond motifs is 1. The topological polar surface area (TPSA) is 106 Å². The summed E-state index contributed by atoms with van der Waals surface area (Å²) < 4.78 is 45.2. The molecule has 0 fully saturated rings. The van der Waals surface area contributed by atoms with E-state index >= 15 is 8.78 Å². The number of alkyl halides is 1. The van der Waals surface area contributed by atoms with E-state index in [0.717, 1.165) is 19.1 Å². The third-order valence-electron chi connectivity index (χ3n) is 5.59. The number of pyridine rings is 1. The van der Waals surface area contributed by atoms with E-state index < -0.39 is 35.9 Å². The number of aliphatic hydroxyl groups is 1. The summed E-state index contributed by atoms with van der Waals surface area (Å²) in [6, 6.07) is 11.0. The number of aryl methyl sites for hydroxylation is 1. The molecule has 4 N–H and O–H groups in total. The highest BCUT2D eigenvalue weighted by Gasteiger charge is 2.35. The lowest BCUT2D eigenvalue weighted by Crippen LogP contribution is -2.42. The van der Waals surface area contributed by atoms with Crippen LogP contribution in [0.3, 0.4) is 0 Å². The number of amides is 1. The van der Waals surface area contributed by atoms with Gasteiger partial charge in [0.15, 0.2) is 11.3 Å². The predicted octanol–water partition coefficient (Wildman–Crippen LogP) is 3.76. The van der Waals surface area contributed by atoms with Crippen LogP contribution in [0.1, 0.15) is 34.5 Å². The van der Waals surface area contributed by atoms with Gasteiger partial charge in [-0.25, -0.2) is 17.7 Å². The molecule has 2 aromatic heterocycles. The second-order valence-corrected chi connectivity index (χ2v) is 8.22. The molecule has 2 atom stereocenters. The number of carbonyl (C=O) groups excluding carboxylic acids is 1. The first-order valence-electron chi connectivity index (χ1n) is 10.4. The van der Waals surface area contributed by atoms with E-state index in [1.54, 1.807) is 31.3 Å². The molecule has 7 nitrogen and oxygen atoms in total. The Hall–Kier alpha value is -3.92. The smallest absolute Gasteiger partial charge is 0.254 e. The van der Waals surface area contributed by atoms with Crippen LogP contribution < -0.4 is 11.1 Å². The van der Waals surface area contributed by atoms with Crippen LogP contribution in [-0.4, -0.2) is 37.8 Å². The van der Waals surface area contributed by atoms with Crippen molar-refractivity contribution in [3.05, 3.63) is 83.1 Å². The van der Waals surface area contributed by atoms with Crippen LogP contribution >= 0.6 is 0 Å². The molecule has 4 rings (SSSR count). The number of nitrogen functional groups attached to an aromatic ring is 1. The van der Waals surface area contributed by atoms with E-state index in [4.69, 9.17) is 5.73 Å². The highest BCUT2D eigenvalue weighted by molar-refractivity contribution is 5.97. The Morgan fingerprint density at radius 1 is 1.21 bits per heavy atom. The van der Waals surface area contributed by atoms with Gasteiger partial charge in [0.2, 0.25) is 5.95 Å². The number of nitrogens with zero attached hydrogens (tertiary/aromatic N) is 3. The number of nitrogens with two attached hydrogens (primary N) is 1. The van der Waals surface area contributed by atoms with Crippen molar-refractivity contribution in [1.82, 2.24) is 19.9 Å². The Morgan fingerprint density at radius 3 is 2.62 bits per heavy atom. The second kappa shape index (κ2) is 8.79. The molecule has 0 aliphatic heterocycles. The lowest BCUT2D eigenvalue weighted by Gasteiger charge is -2.27. The molecular weight excluding hydrogens is 447 g/mol. The Bertz CT molecular complexity index is 1370. The first-order chi connectivity index (χ1) is 16.1. The minimum Gasteiger partial charge on any atom is -0.385 e. The minimum absolute atomic E-state index is 0.0682. The van der Waals surface area contributed by atoms with Gasteiger partial charge in [-0.3, -0.25) is 4.79 Å². The summed E-state index contributed by atoms with van der Waals surface area (Å²) in [5, 5.41) is 16.7. The summed E-state index contributed by atoms with van der Waals surface area (Å²) in [7, 11) is 0. The zero-order chi connectivity index (χ0) is 24.6. The third kappa shape index (κ3) is 4.44. The van der Waals surface area contributed by atoms with Crippen molar-refractivity contribution in [3.63, 3.8) is 0 Å². The molecule has 0 unspecified atom stereocenters. The number of benzene rings is 2. The van der Waals surface area contributed by atoms with Gasteiger partial charge < -0.3 is 16.2 Å². The Morgan fingerprint density at radius 2 is 1.91 bits per heavy atom. The summed E-state index contributed by atoms with van der Waals surface area (Å²) in [5.41, 5.74) is 4.56. The van der Waals surface area contributed by atoms with Crippen LogP contribution in [0.2, 0.25) is 0 Å². The van der Waals surface area contributed by atoms with Crippen LogP contribution in [-0.2, 0) is 0 Å². The van der Waals surface area contributed by atoms with E-state index in [1.807, 2.05) is 0 Å². The number of hydrogen-bond donors (Lipinski definition) is 3. The summed E-state index contributed by atoms with van der Waals surface area (Å²) in [6.07, 6.45) is -0.0636. The molecule has 0 saturated carbocycles. The van der Waals surface area contributed by atoms with Gasteiger partial charge in [0.25, 0.3) is 5.91 Å². The quantitative estimate of drug-likeness (QED) is 0.399. The van der Waals surface area contributed by atoms with Crippen molar-refractivity contribution in [1.29, 1.82) is 0 Å². The lowest BCUT2D eigenvalue weighted by molar-refractivity contribution is 0.00351. The highest BCUT2D eigenvalue weighted by atomic mass is 19.1. The fourth-order valence-electron chi connectivity index (χ4n) is 3.67. The number of rotatable bonds is 6. The number of aliphatic hydroxyl groups excluding tert-OH is 1. The molecule has 0 saturated heterocycles. The molecule has 0 aliphatic rings. The molecule has 2 heterocycles. The van der Waals surface area contributed by atoms with E-state index in [0.29, 0.717) is 16.8 Å². The van der Waals surface area contributed by atoms with E-state index in [9.17, 15) is 14.3 Å². The van der Waals surface area contributed by atoms with Crippen LogP contribution in [0.4, 0.5) is 19.1 Å². The highest BCUT2D eigenvalue weighted by Crippen LogP contribution is 2.30. The molecule has 0 bridgehead atoms. The first-order valence-corrected chi connectivity index (χ1v) is 10.4. The van der Waals surface area contributed by atoms with Crippen molar-refractivity contribution in [3.8, 4) is 11.1 Å². The second-order valence-electron chi connectivity index (χ2n) is 8.22. The molecule has 176 valence electrons. The third-order valence-corrected chi connectivity index (χ3v) is 5.59. The molecule has 10 heteroatoms. The van der Waals surface area contributed by atoms with Gasteiger partial charge in [-0.1, -0.05) is 24.3 Å². The monoisotopic (exact) mass is 469 g/mol. The van der Waals surface area contributed by atoms with Crippen LogP contribution in [0.5, 0.6) is 0 Å². The van der Waals surface area contributed by atoms with Crippen LogP contribution in [0.25, 0.3) is 16.8 Å². The number of halogens is 3. The van der Waals surface area contributed by atoms with Crippen LogP contribution in [0, 0.1) is 18.6 Å². The van der Waals surface area contributed by atoms with E-state index in [1.165, 1.54) is 22.7 Å². The van der Waals surface area contributed by atoms with Gasteiger partial charge in [-0.15, -0.1) is 5.10 Å². The standard InChI is InChI=1S/C24H22F3N5O2/c1-13-3-8-17(15-9-10-32-18(11-15)30-23(28)31-32)20(26)19(13)22(34)29-12-24(2,27)21(33)14-4-6-16(25)7-5-14/h3-11,21,33H,12H2,1-2H3,(H2,28,31)(H,29,34)/t21-,24+/m0/s1. The normalized spacial score (nSPS) is 14.1. The average Bonchev–Trinajstić information content (AvgIpc) is 3.17. The molecule has 0 aliphatic carbocycles. The molecule has 1 amide bonds. The van der Waals surface area contributed by atoms with Gasteiger partial charge in [0, 0.05) is 11.8 Å². The molecular formula is C24H22F3N5O2. The number of aromatic nitrogens is 3. The van der Waals surface area contributed by atoms with Gasteiger partial charge in [0.05, 0.1) is 12.1 Å². The first kappa shape index (κ1) is 23.2. The van der Waals surface area contributed by atoms with Gasteiger partial charge in [-0.05, 0) is 54.8 Å². The number of hydrogen-bond acceptors (Lipinski definition) is 5. The Labute approximate surface area is 193 Å². The van der Waals surface area contributed by atoms with Crippen molar-refractivity contribution in [2.24, 2.45) is 0 Å². The number of nitrogens with one attached hydrogen (secondary N) is 1. The number of anilines is 1. The fourth-order valence-corrected chi connectivity index (χ4v) is 3.67. The van der Waals surface area contributed by atoms with Crippen molar-refractivity contribution < 1.29 is 23.1 Å². The molecule has 34 heavy (non-hydrogen) atoms. The average molecular weight is 469 g/mol. The van der Waals surface area contributed by atoms with Crippen molar-refractivity contribution in [2.45, 2.75) is 25.6 Å². The van der Waals surface area contributed by atoms with Gasteiger partial charge >= 0.3 is 0 Å². The molecule has 2 aromatic carbocycles. The van der Waals surface area contributed by atoms with Gasteiger partial charge in [-0.2, -0.15) is 4.98 Å². The Balaban J connectivity index is 1.57. The lowest BCUT2D eigenvalue weighted by atomic mass is 9.94. The maximum atomic E-state index is 15.4. The SMILES string of the molecule is Cc1ccc(-c2ccn3nc(N)nc3c2)c(F)c1C(=O)NC[C@@](C)(F)[C@@H](O)c1ccc(F)cc1. The summed E-state index contributed by atoms with van der Waals surface area (Å²) in [4.78, 5) is 16.9. The molecule has 0 radical (unpaired) electrons. The zero-order valence-corrected chi connectivity index (χ0v) is 18.4. The van der Waals surface area contributed by atoms with Crippen molar-refractivity contribution >= 4 is 17.5 Å². The van der Waals surface area contributed by atoms with Crippen molar-refractivity contribution in [2.75, 3.05) is 12.3 Å². The molecule has 0 spiro atoms. The van der Waals surface area contributed by atoms with E-state index in [2.05, 4.69) is 15.4 Å². The fraction of sp³-hybridized carbons (Fsp3) is 0.208. The molecule has 4 aromatic rings. The van der Waals surface area contributed by atoms with Crippen LogP contribution in [0.15, 0.2) is 54.7 Å². The summed E-state index contributed by atoms with van der Waals surface area (Å²) >= 11 is 0. The number of carbonyl (C=O) groups is 1. The van der Waals surface area contributed by atoms with Gasteiger partial charge in [0.1, 0.15) is 17.7 Å². The maximum absolute atomic E-state index is 15.4. The summed E-state index contributed by atoms with van der Waals surface area (Å²) in [5.74, 6) is -2.07. The summed E-state index contributed by atoms with van der Waals surface area (Å²) in [6.45, 7) is 2.06. The predicted molar refractivity (Wildman–Crippen MR) is 121 cm³/mol. The largest absolute Gasteiger partial charge is 0.385 e. The Kier molecular flexibility index (Phi) is 6.01. The van der Waals surface area contributed by atoms with E-state index in [-0.39, 0.29) is 22.6 Å². The maximum Gasteiger partial charge on any atom is 0.254 e. The minimum atomic E-state index is -2.30. The zero-order valence-electron chi connectivity index (χ0n) is 18.4.